The van der Waals surface area contributed by atoms with Gasteiger partial charge in [-0.05, 0) is 44.5 Å². The number of anilines is 1. The second-order valence-corrected chi connectivity index (χ2v) is 4.72. The van der Waals surface area contributed by atoms with E-state index in [1.54, 1.807) is 23.1 Å². The average molecular weight is 248 g/mol. The Labute approximate surface area is 108 Å². The topological polar surface area (TPSA) is 52.6 Å². The monoisotopic (exact) mass is 248 g/mol. The number of hydrogen-bond acceptors (Lipinski definition) is 3. The molecule has 1 atom stereocenters. The van der Waals surface area contributed by atoms with Crippen molar-refractivity contribution in [1.82, 2.24) is 5.32 Å². The maximum Gasteiger partial charge on any atom is 0.227 e. The van der Waals surface area contributed by atoms with E-state index in [1.165, 1.54) is 0 Å². The quantitative estimate of drug-likeness (QED) is 0.853. The number of phenolic OH excluding ortho intramolecular Hbond substituents is 1. The summed E-state index contributed by atoms with van der Waals surface area (Å²) in [7, 11) is 0. The Morgan fingerprint density at radius 2 is 2.39 bits per heavy atom. The summed E-state index contributed by atoms with van der Waals surface area (Å²) in [4.78, 5) is 14.0. The molecule has 0 aromatic heterocycles. The maximum atomic E-state index is 12.3. The van der Waals surface area contributed by atoms with Crippen molar-refractivity contribution in [2.45, 2.75) is 19.8 Å². The lowest BCUT2D eigenvalue weighted by Crippen LogP contribution is -2.32. The zero-order valence-electron chi connectivity index (χ0n) is 10.7. The Balaban J connectivity index is 2.05. The van der Waals surface area contributed by atoms with Gasteiger partial charge in [0.25, 0.3) is 0 Å². The van der Waals surface area contributed by atoms with E-state index in [0.29, 0.717) is 18.9 Å². The predicted molar refractivity (Wildman–Crippen MR) is 71.7 cm³/mol. The number of carbonyl (C=O) groups is 1. The van der Waals surface area contributed by atoms with Crippen LogP contribution in [0.5, 0.6) is 5.75 Å². The van der Waals surface area contributed by atoms with Crippen LogP contribution in [0.15, 0.2) is 24.3 Å². The Morgan fingerprint density at radius 1 is 1.56 bits per heavy atom. The van der Waals surface area contributed by atoms with Crippen LogP contribution in [-0.2, 0) is 4.79 Å². The summed E-state index contributed by atoms with van der Waals surface area (Å²) in [5.41, 5.74) is 0.772. The van der Waals surface area contributed by atoms with Crippen molar-refractivity contribution in [3.05, 3.63) is 24.3 Å². The van der Waals surface area contributed by atoms with E-state index in [9.17, 15) is 9.90 Å². The van der Waals surface area contributed by atoms with Gasteiger partial charge in [0.15, 0.2) is 0 Å². The normalized spacial score (nSPS) is 18.8. The molecule has 1 amide bonds. The molecule has 2 N–H and O–H groups in total. The Bertz CT molecular complexity index is 414. The second kappa shape index (κ2) is 5.87. The van der Waals surface area contributed by atoms with Gasteiger partial charge in [-0.25, -0.2) is 0 Å². The van der Waals surface area contributed by atoms with Crippen LogP contribution in [-0.4, -0.2) is 30.6 Å². The highest BCUT2D eigenvalue weighted by Crippen LogP contribution is 2.22. The number of hydrogen-bond donors (Lipinski definition) is 2. The Morgan fingerprint density at radius 3 is 3.00 bits per heavy atom. The van der Waals surface area contributed by atoms with Crippen LogP contribution in [0.1, 0.15) is 19.8 Å². The number of rotatable bonds is 4. The van der Waals surface area contributed by atoms with Gasteiger partial charge in [0.2, 0.25) is 5.91 Å². The van der Waals surface area contributed by atoms with Gasteiger partial charge in [0, 0.05) is 24.7 Å². The van der Waals surface area contributed by atoms with Gasteiger partial charge in [-0.1, -0.05) is 6.07 Å². The molecule has 1 aliphatic rings. The van der Waals surface area contributed by atoms with Crippen LogP contribution in [0.2, 0.25) is 0 Å². The molecule has 4 nitrogen and oxygen atoms in total. The fourth-order valence-corrected chi connectivity index (χ4v) is 2.41. The minimum atomic E-state index is 0.136. The van der Waals surface area contributed by atoms with Gasteiger partial charge in [0.1, 0.15) is 5.75 Å². The smallest absolute Gasteiger partial charge is 0.227 e. The molecule has 18 heavy (non-hydrogen) atoms. The van der Waals surface area contributed by atoms with E-state index in [1.807, 2.05) is 13.0 Å². The largest absolute Gasteiger partial charge is 0.508 e. The van der Waals surface area contributed by atoms with Gasteiger partial charge in [-0.2, -0.15) is 0 Å². The molecule has 0 saturated carbocycles. The van der Waals surface area contributed by atoms with Crippen molar-refractivity contribution in [1.29, 1.82) is 0 Å². The molecule has 0 aliphatic carbocycles. The molecule has 1 aromatic carbocycles. The molecule has 0 radical (unpaired) electrons. The average Bonchev–Trinajstić information content (AvgIpc) is 2.83. The Kier molecular flexibility index (Phi) is 4.20. The number of nitrogens with one attached hydrogen (secondary N) is 1. The molecule has 1 heterocycles. The van der Waals surface area contributed by atoms with Crippen molar-refractivity contribution in [3.63, 3.8) is 0 Å². The molecular weight excluding hydrogens is 228 g/mol. The highest BCUT2D eigenvalue weighted by molar-refractivity contribution is 5.93. The van der Waals surface area contributed by atoms with Gasteiger partial charge in [0.05, 0.1) is 0 Å². The first kappa shape index (κ1) is 12.9. The summed E-state index contributed by atoms with van der Waals surface area (Å²) in [5.74, 6) is 0.780. The van der Waals surface area contributed by atoms with Crippen molar-refractivity contribution >= 4 is 11.6 Å². The number of carbonyl (C=O) groups excluding carboxylic acids is 1. The van der Waals surface area contributed by atoms with Gasteiger partial charge < -0.3 is 15.3 Å². The molecule has 1 aromatic rings. The van der Waals surface area contributed by atoms with Gasteiger partial charge in [-0.15, -0.1) is 0 Å². The number of nitrogens with zero attached hydrogens (tertiary/aromatic N) is 1. The fraction of sp³-hybridized carbons (Fsp3) is 0.500. The zero-order valence-corrected chi connectivity index (χ0v) is 10.7. The molecule has 98 valence electrons. The van der Waals surface area contributed by atoms with Crippen LogP contribution in [0, 0.1) is 5.92 Å². The molecule has 0 spiro atoms. The molecule has 1 saturated heterocycles. The Hall–Kier alpha value is -1.55. The molecule has 2 rings (SSSR count). The molecule has 1 aliphatic heterocycles. The number of phenols is 1. The second-order valence-electron chi connectivity index (χ2n) is 4.72. The molecular formula is C14H20N2O2. The van der Waals surface area contributed by atoms with Crippen molar-refractivity contribution in [2.24, 2.45) is 5.92 Å². The van der Waals surface area contributed by atoms with Crippen LogP contribution >= 0.6 is 0 Å². The molecule has 4 heteroatoms. The van der Waals surface area contributed by atoms with E-state index in [4.69, 9.17) is 0 Å². The third-order valence-electron chi connectivity index (χ3n) is 3.38. The van der Waals surface area contributed by atoms with E-state index < -0.39 is 0 Å². The number of aromatic hydroxyl groups is 1. The van der Waals surface area contributed by atoms with Crippen molar-refractivity contribution < 1.29 is 9.90 Å². The first-order chi connectivity index (χ1) is 8.70. The first-order valence-corrected chi connectivity index (χ1v) is 6.51. The van der Waals surface area contributed by atoms with E-state index in [2.05, 4.69) is 5.32 Å². The number of benzene rings is 1. The van der Waals surface area contributed by atoms with Crippen LogP contribution in [0.25, 0.3) is 0 Å². The molecule has 0 bridgehead atoms. The minimum Gasteiger partial charge on any atom is -0.508 e. The minimum absolute atomic E-state index is 0.136. The van der Waals surface area contributed by atoms with Crippen LogP contribution in [0.4, 0.5) is 5.69 Å². The predicted octanol–water partition coefficient (Wildman–Crippen LogP) is 1.74. The summed E-state index contributed by atoms with van der Waals surface area (Å²) >= 11 is 0. The molecule has 1 fully saturated rings. The summed E-state index contributed by atoms with van der Waals surface area (Å²) < 4.78 is 0. The van der Waals surface area contributed by atoms with E-state index in [-0.39, 0.29) is 11.7 Å². The lowest BCUT2D eigenvalue weighted by Gasteiger charge is -2.22. The summed E-state index contributed by atoms with van der Waals surface area (Å²) in [6.45, 7) is 4.52. The lowest BCUT2D eigenvalue weighted by atomic mass is 10.0. The summed E-state index contributed by atoms with van der Waals surface area (Å²) in [6.07, 6.45) is 1.65. The van der Waals surface area contributed by atoms with Crippen molar-refractivity contribution in [2.75, 3.05) is 24.5 Å². The summed E-state index contributed by atoms with van der Waals surface area (Å²) in [6, 6.07) is 6.86. The standard InChI is InChI=1S/C14H20N2O2/c1-2-16(12-4-3-5-13(17)9-12)14(18)8-11-6-7-15-10-11/h3-5,9,11,15,17H,2,6-8,10H2,1H3. The van der Waals surface area contributed by atoms with Gasteiger partial charge >= 0.3 is 0 Å². The zero-order chi connectivity index (χ0) is 13.0. The first-order valence-electron chi connectivity index (χ1n) is 6.51. The van der Waals surface area contributed by atoms with E-state index in [0.717, 1.165) is 25.2 Å². The third-order valence-corrected chi connectivity index (χ3v) is 3.38. The van der Waals surface area contributed by atoms with Crippen LogP contribution < -0.4 is 10.2 Å². The molecule has 1 unspecified atom stereocenters. The fourth-order valence-electron chi connectivity index (χ4n) is 2.41. The van der Waals surface area contributed by atoms with Crippen molar-refractivity contribution in [3.8, 4) is 5.75 Å². The van der Waals surface area contributed by atoms with E-state index >= 15 is 0 Å². The lowest BCUT2D eigenvalue weighted by molar-refractivity contribution is -0.119. The SMILES string of the molecule is CCN(C(=O)CC1CCNC1)c1cccc(O)c1. The maximum absolute atomic E-state index is 12.3. The summed E-state index contributed by atoms with van der Waals surface area (Å²) in [5, 5.41) is 12.7. The number of amides is 1. The third kappa shape index (κ3) is 3.01. The van der Waals surface area contributed by atoms with Crippen LogP contribution in [0.3, 0.4) is 0 Å². The highest BCUT2D eigenvalue weighted by atomic mass is 16.3. The van der Waals surface area contributed by atoms with Gasteiger partial charge in [-0.3, -0.25) is 4.79 Å². The highest BCUT2D eigenvalue weighted by Gasteiger charge is 2.22.